The van der Waals surface area contributed by atoms with Crippen LogP contribution in [0.5, 0.6) is 5.75 Å². The molecule has 2 unspecified atom stereocenters. The maximum atomic E-state index is 13.7. The van der Waals surface area contributed by atoms with Crippen molar-refractivity contribution in [2.75, 3.05) is 20.2 Å². The second-order valence-corrected chi connectivity index (χ2v) is 11.1. The molecule has 2 atom stereocenters. The van der Waals surface area contributed by atoms with E-state index in [1.54, 1.807) is 21.0 Å². The van der Waals surface area contributed by atoms with E-state index in [0.29, 0.717) is 37.5 Å². The first kappa shape index (κ1) is 23.8. The summed E-state index contributed by atoms with van der Waals surface area (Å²) in [7, 11) is -2.14. The van der Waals surface area contributed by atoms with Gasteiger partial charge in [-0.2, -0.15) is 4.31 Å². The highest BCUT2D eigenvalue weighted by molar-refractivity contribution is 7.89. The Kier molecular flexibility index (Phi) is 6.81. The third kappa shape index (κ3) is 4.94. The van der Waals surface area contributed by atoms with Gasteiger partial charge in [-0.25, -0.2) is 8.42 Å². The second-order valence-electron chi connectivity index (χ2n) is 9.25. The van der Waals surface area contributed by atoms with E-state index in [9.17, 15) is 13.2 Å². The number of hydrogen-bond donors (Lipinski definition) is 0. The van der Waals surface area contributed by atoms with Gasteiger partial charge in [0.05, 0.1) is 13.0 Å². The lowest BCUT2D eigenvalue weighted by molar-refractivity contribution is -0.140. The first-order chi connectivity index (χ1) is 15.7. The summed E-state index contributed by atoms with van der Waals surface area (Å²) in [6, 6.07) is 7.88. The first-order valence-corrected chi connectivity index (χ1v) is 13.0. The van der Waals surface area contributed by atoms with Crippen molar-refractivity contribution in [2.24, 2.45) is 11.8 Å². The summed E-state index contributed by atoms with van der Waals surface area (Å²) in [6.07, 6.45) is 3.59. The van der Waals surface area contributed by atoms with Crippen molar-refractivity contribution in [1.82, 2.24) is 14.4 Å². The van der Waals surface area contributed by atoms with Gasteiger partial charge in [0.2, 0.25) is 15.9 Å². The fraction of sp³-hybridized carbons (Fsp3) is 0.583. The second kappa shape index (κ2) is 9.46. The minimum absolute atomic E-state index is 0.0314. The third-order valence-corrected chi connectivity index (χ3v) is 9.00. The van der Waals surface area contributed by atoms with Crippen LogP contribution in [0, 0.1) is 25.7 Å². The summed E-state index contributed by atoms with van der Waals surface area (Å²) < 4.78 is 38.4. The number of methoxy groups -OCH3 is 1. The molecule has 180 valence electrons. The molecule has 9 heteroatoms. The van der Waals surface area contributed by atoms with E-state index in [1.165, 1.54) is 4.31 Å². The van der Waals surface area contributed by atoms with Crippen molar-refractivity contribution < 1.29 is 22.5 Å². The zero-order chi connectivity index (χ0) is 23.8. The molecule has 1 aliphatic carbocycles. The van der Waals surface area contributed by atoms with Crippen LogP contribution in [0.1, 0.15) is 49.6 Å². The number of sulfonamides is 1. The van der Waals surface area contributed by atoms with Gasteiger partial charge < -0.3 is 14.2 Å². The molecule has 0 spiro atoms. The summed E-state index contributed by atoms with van der Waals surface area (Å²) in [4.78, 5) is 15.8. The third-order valence-electron chi connectivity index (χ3n) is 6.89. The number of carbonyl (C=O) groups is 1. The molecular weight excluding hydrogens is 442 g/mol. The fourth-order valence-corrected chi connectivity index (χ4v) is 6.57. The number of aryl methyl sites for hydroxylation is 2. The van der Waals surface area contributed by atoms with Crippen molar-refractivity contribution in [3.8, 4) is 5.75 Å². The molecule has 1 saturated carbocycles. The van der Waals surface area contributed by atoms with E-state index in [0.717, 1.165) is 24.2 Å². The zero-order valence-corrected chi connectivity index (χ0v) is 20.6. The predicted molar refractivity (Wildman–Crippen MR) is 123 cm³/mol. The molecular formula is C24H33N3O5S. The molecule has 2 heterocycles. The number of carbonyl (C=O) groups excluding carboxylic acids is 1. The van der Waals surface area contributed by atoms with Gasteiger partial charge in [0.15, 0.2) is 5.76 Å². The number of piperidine rings is 1. The van der Waals surface area contributed by atoms with E-state index >= 15 is 0 Å². The van der Waals surface area contributed by atoms with Crippen LogP contribution in [0.4, 0.5) is 0 Å². The van der Waals surface area contributed by atoms with E-state index in [1.807, 2.05) is 29.2 Å². The largest absolute Gasteiger partial charge is 0.497 e. The maximum Gasteiger partial charge on any atom is 0.248 e. The van der Waals surface area contributed by atoms with E-state index < -0.39 is 10.0 Å². The normalized spacial score (nSPS) is 20.4. The Hall–Kier alpha value is -2.39. The molecule has 1 aromatic heterocycles. The van der Waals surface area contributed by atoms with Crippen LogP contribution in [-0.2, 0) is 21.4 Å². The Morgan fingerprint density at radius 1 is 1.24 bits per heavy atom. The summed E-state index contributed by atoms with van der Waals surface area (Å²) >= 11 is 0. The van der Waals surface area contributed by atoms with Gasteiger partial charge in [-0.1, -0.05) is 17.3 Å². The zero-order valence-electron chi connectivity index (χ0n) is 19.8. The minimum Gasteiger partial charge on any atom is -0.497 e. The molecule has 8 nitrogen and oxygen atoms in total. The molecule has 4 rings (SSSR count). The Bertz CT molecular complexity index is 1070. The monoisotopic (exact) mass is 475 g/mol. The minimum atomic E-state index is -3.77. The number of amides is 1. The molecule has 2 aromatic rings. The first-order valence-electron chi connectivity index (χ1n) is 11.6. The van der Waals surface area contributed by atoms with Crippen molar-refractivity contribution >= 4 is 15.9 Å². The Labute approximate surface area is 195 Å². The molecule has 1 aromatic carbocycles. The average Bonchev–Trinajstić information content (AvgIpc) is 3.61. The number of ether oxygens (including phenoxy) is 1. The SMILES string of the molecule is COc1ccc(CN(C(=O)C2CCCN(S(=O)(=O)c3c(C)noc3C)C2)C(C)C2CC2)cc1. The number of nitrogens with zero attached hydrogens (tertiary/aromatic N) is 3. The average molecular weight is 476 g/mol. The Balaban J connectivity index is 1.54. The van der Waals surface area contributed by atoms with Crippen molar-refractivity contribution in [3.63, 3.8) is 0 Å². The summed E-state index contributed by atoms with van der Waals surface area (Å²) in [5.74, 6) is 1.24. The predicted octanol–water partition coefficient (Wildman–Crippen LogP) is 3.53. The number of rotatable bonds is 8. The number of hydrogen-bond acceptors (Lipinski definition) is 6. The van der Waals surface area contributed by atoms with Crippen LogP contribution >= 0.6 is 0 Å². The standard InChI is InChI=1S/C24H33N3O5S/c1-16-23(18(3)32-25-16)33(29,30)26-13-5-6-21(15-26)24(28)27(17(2)20-9-10-20)14-19-7-11-22(31-4)12-8-19/h7-8,11-12,17,20-21H,5-6,9-10,13-15H2,1-4H3. The molecule has 1 amide bonds. The van der Waals surface area contributed by atoms with Crippen molar-refractivity contribution in [3.05, 3.63) is 41.3 Å². The summed E-state index contributed by atoms with van der Waals surface area (Å²) in [5.41, 5.74) is 1.39. The van der Waals surface area contributed by atoms with Crippen LogP contribution < -0.4 is 4.74 Å². The summed E-state index contributed by atoms with van der Waals surface area (Å²) in [5, 5.41) is 3.80. The highest BCUT2D eigenvalue weighted by Gasteiger charge is 2.40. The molecule has 2 fully saturated rings. The molecule has 0 N–H and O–H groups in total. The van der Waals surface area contributed by atoms with E-state index in [2.05, 4.69) is 12.1 Å². The highest BCUT2D eigenvalue weighted by atomic mass is 32.2. The quantitative estimate of drug-likeness (QED) is 0.580. The van der Waals surface area contributed by atoms with Crippen LogP contribution in [0.25, 0.3) is 0 Å². The van der Waals surface area contributed by atoms with E-state index in [-0.39, 0.29) is 35.1 Å². The Morgan fingerprint density at radius 2 is 1.94 bits per heavy atom. The molecule has 0 radical (unpaired) electrons. The Morgan fingerprint density at radius 3 is 2.52 bits per heavy atom. The molecule has 1 saturated heterocycles. The lowest BCUT2D eigenvalue weighted by atomic mass is 9.96. The smallest absolute Gasteiger partial charge is 0.248 e. The molecule has 0 bridgehead atoms. The van der Waals surface area contributed by atoms with Gasteiger partial charge in [0.1, 0.15) is 16.3 Å². The van der Waals surface area contributed by atoms with Gasteiger partial charge in [-0.05, 0) is 70.1 Å². The lowest BCUT2D eigenvalue weighted by Crippen LogP contribution is -2.49. The van der Waals surface area contributed by atoms with Gasteiger partial charge >= 0.3 is 0 Å². The molecule has 2 aliphatic rings. The maximum absolute atomic E-state index is 13.7. The van der Waals surface area contributed by atoms with Crippen LogP contribution in [0.15, 0.2) is 33.7 Å². The highest BCUT2D eigenvalue weighted by Crippen LogP contribution is 2.37. The lowest BCUT2D eigenvalue weighted by Gasteiger charge is -2.37. The van der Waals surface area contributed by atoms with Gasteiger partial charge in [-0.15, -0.1) is 0 Å². The van der Waals surface area contributed by atoms with E-state index in [4.69, 9.17) is 9.26 Å². The summed E-state index contributed by atoms with van der Waals surface area (Å²) in [6.45, 7) is 6.43. The van der Waals surface area contributed by atoms with Gasteiger partial charge in [-0.3, -0.25) is 4.79 Å². The topological polar surface area (TPSA) is 93.0 Å². The van der Waals surface area contributed by atoms with Gasteiger partial charge in [0, 0.05) is 25.7 Å². The van der Waals surface area contributed by atoms with Crippen LogP contribution in [0.3, 0.4) is 0 Å². The van der Waals surface area contributed by atoms with Crippen molar-refractivity contribution in [1.29, 1.82) is 0 Å². The van der Waals surface area contributed by atoms with Crippen LogP contribution in [0.2, 0.25) is 0 Å². The van der Waals surface area contributed by atoms with Crippen molar-refractivity contribution in [2.45, 2.75) is 63.9 Å². The van der Waals surface area contributed by atoms with Crippen LogP contribution in [-0.4, -0.2) is 54.9 Å². The van der Waals surface area contributed by atoms with Gasteiger partial charge in [0.25, 0.3) is 0 Å². The molecule has 1 aliphatic heterocycles. The number of benzene rings is 1. The fourth-order valence-electron chi connectivity index (χ4n) is 4.75. The molecule has 33 heavy (non-hydrogen) atoms. The number of aromatic nitrogens is 1.